The molecule has 1 aromatic heterocycles. The molecule has 144 valence electrons. The molecule has 2 aromatic rings. The molecule has 3 rings (SSSR count). The van der Waals surface area contributed by atoms with Crippen LogP contribution in [0.1, 0.15) is 17.5 Å². The van der Waals surface area contributed by atoms with Crippen molar-refractivity contribution in [3.05, 3.63) is 53.9 Å². The van der Waals surface area contributed by atoms with Gasteiger partial charge >= 0.3 is 0 Å². The first kappa shape index (κ1) is 19.2. The van der Waals surface area contributed by atoms with Crippen molar-refractivity contribution in [3.8, 4) is 11.5 Å². The molecule has 1 aliphatic rings. The fourth-order valence-electron chi connectivity index (χ4n) is 3.35. The Morgan fingerprint density at radius 2 is 1.89 bits per heavy atom. The number of pyridine rings is 1. The van der Waals surface area contributed by atoms with E-state index in [2.05, 4.69) is 10.3 Å². The second-order valence-electron chi connectivity index (χ2n) is 6.72. The predicted octanol–water partition coefficient (Wildman–Crippen LogP) is 2.41. The number of rotatable bonds is 8. The summed E-state index contributed by atoms with van der Waals surface area (Å²) in [5, 5.41) is 3.14. The molecule has 6 nitrogen and oxygen atoms in total. The third-order valence-corrected chi connectivity index (χ3v) is 4.88. The zero-order chi connectivity index (χ0) is 19.1. The van der Waals surface area contributed by atoms with E-state index in [9.17, 15) is 4.79 Å². The highest BCUT2D eigenvalue weighted by Gasteiger charge is 2.29. The summed E-state index contributed by atoms with van der Waals surface area (Å²) in [6.07, 6.45) is 5.54. The number of carbonyl (C=O) groups excluding carboxylic acids is 1. The lowest BCUT2D eigenvalue weighted by atomic mass is 9.95. The van der Waals surface area contributed by atoms with Crippen LogP contribution in [-0.2, 0) is 22.4 Å². The standard InChI is InChI=1S/C21H26N2O4/c1-25-19-5-3-15(12-20(19)26-2)4-6-21(24)23-18-14-27-13-17(18)11-16-7-9-22-10-8-16/h3,5,7-10,12,17-18H,4,6,11,13-14H2,1-2H3,(H,23,24)/t17-,18+/m1/s1. The molecule has 0 spiro atoms. The van der Waals surface area contributed by atoms with Crippen LogP contribution in [0.3, 0.4) is 0 Å². The Morgan fingerprint density at radius 1 is 1.11 bits per heavy atom. The Balaban J connectivity index is 1.51. The van der Waals surface area contributed by atoms with Crippen LogP contribution in [0, 0.1) is 5.92 Å². The van der Waals surface area contributed by atoms with E-state index in [0.29, 0.717) is 37.6 Å². The van der Waals surface area contributed by atoms with Crippen LogP contribution < -0.4 is 14.8 Å². The van der Waals surface area contributed by atoms with E-state index in [0.717, 1.165) is 12.0 Å². The maximum absolute atomic E-state index is 12.4. The van der Waals surface area contributed by atoms with Crippen molar-refractivity contribution in [2.75, 3.05) is 27.4 Å². The molecule has 1 amide bonds. The minimum absolute atomic E-state index is 0.0417. The van der Waals surface area contributed by atoms with Gasteiger partial charge in [-0.1, -0.05) is 6.07 Å². The van der Waals surface area contributed by atoms with Crippen LogP contribution >= 0.6 is 0 Å². The number of hydrogen-bond donors (Lipinski definition) is 1. The Labute approximate surface area is 159 Å². The van der Waals surface area contributed by atoms with Crippen molar-refractivity contribution in [3.63, 3.8) is 0 Å². The van der Waals surface area contributed by atoms with Gasteiger partial charge in [0, 0.05) is 24.7 Å². The zero-order valence-electron chi connectivity index (χ0n) is 15.8. The molecule has 0 unspecified atom stereocenters. The molecule has 0 radical (unpaired) electrons. The fourth-order valence-corrected chi connectivity index (χ4v) is 3.35. The van der Waals surface area contributed by atoms with E-state index in [4.69, 9.17) is 14.2 Å². The number of nitrogens with zero attached hydrogens (tertiary/aromatic N) is 1. The lowest BCUT2D eigenvalue weighted by molar-refractivity contribution is -0.122. The van der Waals surface area contributed by atoms with Crippen LogP contribution in [0.2, 0.25) is 0 Å². The quantitative estimate of drug-likeness (QED) is 0.773. The molecule has 1 fully saturated rings. The summed E-state index contributed by atoms with van der Waals surface area (Å²) >= 11 is 0. The van der Waals surface area contributed by atoms with Crippen molar-refractivity contribution >= 4 is 5.91 Å². The molecule has 0 saturated carbocycles. The molecular weight excluding hydrogens is 344 g/mol. The Kier molecular flexibility index (Phi) is 6.65. The fraction of sp³-hybridized carbons (Fsp3) is 0.429. The topological polar surface area (TPSA) is 69.7 Å². The largest absolute Gasteiger partial charge is 0.493 e. The van der Waals surface area contributed by atoms with Gasteiger partial charge in [-0.15, -0.1) is 0 Å². The van der Waals surface area contributed by atoms with Gasteiger partial charge in [0.2, 0.25) is 5.91 Å². The highest BCUT2D eigenvalue weighted by molar-refractivity contribution is 5.76. The summed E-state index contributed by atoms with van der Waals surface area (Å²) < 4.78 is 16.2. The number of ether oxygens (including phenoxy) is 3. The minimum Gasteiger partial charge on any atom is -0.493 e. The smallest absolute Gasteiger partial charge is 0.220 e. The van der Waals surface area contributed by atoms with E-state index in [1.165, 1.54) is 5.56 Å². The summed E-state index contributed by atoms with van der Waals surface area (Å²) in [6, 6.07) is 9.80. The monoisotopic (exact) mass is 370 g/mol. The second kappa shape index (κ2) is 9.37. The minimum atomic E-state index is 0.0417. The van der Waals surface area contributed by atoms with Gasteiger partial charge in [-0.3, -0.25) is 9.78 Å². The summed E-state index contributed by atoms with van der Waals surface area (Å²) in [4.78, 5) is 16.5. The van der Waals surface area contributed by atoms with E-state index in [1.807, 2.05) is 30.3 Å². The van der Waals surface area contributed by atoms with Crippen LogP contribution in [0.4, 0.5) is 0 Å². The molecule has 1 aromatic carbocycles. The normalized spacial score (nSPS) is 18.9. The summed E-state index contributed by atoms with van der Waals surface area (Å²) in [7, 11) is 3.22. The number of aromatic nitrogens is 1. The van der Waals surface area contributed by atoms with Crippen LogP contribution in [0.25, 0.3) is 0 Å². The van der Waals surface area contributed by atoms with E-state index >= 15 is 0 Å². The summed E-state index contributed by atoms with van der Waals surface area (Å²) in [5.74, 6) is 1.70. The maximum atomic E-state index is 12.4. The molecule has 1 saturated heterocycles. The predicted molar refractivity (Wildman–Crippen MR) is 102 cm³/mol. The second-order valence-corrected chi connectivity index (χ2v) is 6.72. The molecule has 6 heteroatoms. The highest BCUT2D eigenvalue weighted by Crippen LogP contribution is 2.28. The van der Waals surface area contributed by atoms with Gasteiger partial charge < -0.3 is 19.5 Å². The van der Waals surface area contributed by atoms with Gasteiger partial charge in [0.05, 0.1) is 33.5 Å². The number of aryl methyl sites for hydroxylation is 1. The third-order valence-electron chi connectivity index (χ3n) is 4.88. The lowest BCUT2D eigenvalue weighted by Crippen LogP contribution is -2.40. The van der Waals surface area contributed by atoms with Crippen LogP contribution in [0.15, 0.2) is 42.7 Å². The zero-order valence-corrected chi connectivity index (χ0v) is 15.8. The van der Waals surface area contributed by atoms with Gasteiger partial charge in [-0.25, -0.2) is 0 Å². The van der Waals surface area contributed by atoms with Crippen molar-refractivity contribution < 1.29 is 19.0 Å². The Hall–Kier alpha value is -2.60. The molecule has 2 heterocycles. The molecule has 2 atom stereocenters. The first-order valence-corrected chi connectivity index (χ1v) is 9.16. The lowest BCUT2D eigenvalue weighted by Gasteiger charge is -2.19. The number of carbonyl (C=O) groups is 1. The van der Waals surface area contributed by atoms with Gasteiger partial charge in [-0.2, -0.15) is 0 Å². The van der Waals surface area contributed by atoms with Gasteiger partial charge in [-0.05, 0) is 48.2 Å². The molecule has 0 bridgehead atoms. The average molecular weight is 370 g/mol. The first-order chi connectivity index (χ1) is 13.2. The van der Waals surface area contributed by atoms with Crippen LogP contribution in [0.5, 0.6) is 11.5 Å². The number of benzene rings is 1. The molecular formula is C21H26N2O4. The van der Waals surface area contributed by atoms with Gasteiger partial charge in [0.25, 0.3) is 0 Å². The number of amides is 1. The van der Waals surface area contributed by atoms with Crippen molar-refractivity contribution in [1.29, 1.82) is 0 Å². The highest BCUT2D eigenvalue weighted by atomic mass is 16.5. The van der Waals surface area contributed by atoms with Crippen molar-refractivity contribution in [1.82, 2.24) is 10.3 Å². The van der Waals surface area contributed by atoms with Crippen molar-refractivity contribution in [2.24, 2.45) is 5.92 Å². The molecule has 27 heavy (non-hydrogen) atoms. The maximum Gasteiger partial charge on any atom is 0.220 e. The third kappa shape index (κ3) is 5.20. The molecule has 1 N–H and O–H groups in total. The molecule has 0 aliphatic carbocycles. The van der Waals surface area contributed by atoms with Crippen LogP contribution in [-0.4, -0.2) is 44.4 Å². The molecule has 1 aliphatic heterocycles. The number of hydrogen-bond acceptors (Lipinski definition) is 5. The van der Waals surface area contributed by atoms with E-state index in [1.54, 1.807) is 26.6 Å². The van der Waals surface area contributed by atoms with Crippen molar-refractivity contribution in [2.45, 2.75) is 25.3 Å². The SMILES string of the molecule is COc1ccc(CCC(=O)N[C@H]2COC[C@H]2Cc2ccncc2)cc1OC. The number of nitrogens with one attached hydrogen (secondary N) is 1. The first-order valence-electron chi connectivity index (χ1n) is 9.16. The Bertz CT molecular complexity index is 751. The van der Waals surface area contributed by atoms with E-state index < -0.39 is 0 Å². The Morgan fingerprint density at radius 3 is 2.63 bits per heavy atom. The summed E-state index contributed by atoms with van der Waals surface area (Å²) in [5.41, 5.74) is 2.25. The average Bonchev–Trinajstić information content (AvgIpc) is 3.13. The van der Waals surface area contributed by atoms with Gasteiger partial charge in [0.15, 0.2) is 11.5 Å². The number of methoxy groups -OCH3 is 2. The van der Waals surface area contributed by atoms with E-state index in [-0.39, 0.29) is 17.9 Å². The van der Waals surface area contributed by atoms with Gasteiger partial charge in [0.1, 0.15) is 0 Å². The summed E-state index contributed by atoms with van der Waals surface area (Å²) in [6.45, 7) is 1.24.